The summed E-state index contributed by atoms with van der Waals surface area (Å²) in [4.78, 5) is 0. The topological polar surface area (TPSA) is 26.3 Å². The molecule has 0 bridgehead atoms. The van der Waals surface area contributed by atoms with Crippen LogP contribution in [0, 0.1) is 34.6 Å². The molecule has 268 valence electrons. The predicted molar refractivity (Wildman–Crippen MR) is 213 cm³/mol. The summed E-state index contributed by atoms with van der Waals surface area (Å²) in [5, 5.41) is 0. The fourth-order valence-corrected chi connectivity index (χ4v) is 28.4. The Balaban J connectivity index is 0.00000240. The molecule has 6 heteroatoms. The number of halogens is 2. The van der Waals surface area contributed by atoms with Gasteiger partial charge in [-0.05, 0) is 0 Å². The average molecular weight is 833 g/mol. The second-order valence-corrected chi connectivity index (χ2v) is 32.5. The largest absolute Gasteiger partial charge is 1.00 e. The molecule has 0 fully saturated rings. The van der Waals surface area contributed by atoms with E-state index in [-0.39, 0.29) is 24.8 Å². The van der Waals surface area contributed by atoms with E-state index in [2.05, 4.69) is 164 Å². The summed E-state index contributed by atoms with van der Waals surface area (Å²) in [6, 6.07) is 36.0. The molecule has 8 rings (SSSR count). The Morgan fingerprint density at radius 1 is 0.585 bits per heavy atom. The maximum absolute atomic E-state index is 6.71. The molecule has 0 spiro atoms. The predicted octanol–water partition coefficient (Wildman–Crippen LogP) is 7.08. The van der Waals surface area contributed by atoms with Crippen molar-refractivity contribution in [2.45, 2.75) is 68.3 Å². The van der Waals surface area contributed by atoms with Crippen molar-refractivity contribution in [2.24, 2.45) is 0 Å². The molecule has 0 N–H and O–H groups in total. The van der Waals surface area contributed by atoms with E-state index < -0.39 is 25.8 Å². The number of allylic oxidation sites excluding steroid dienone is 2. The zero-order valence-corrected chi connectivity index (χ0v) is 36.8. The van der Waals surface area contributed by atoms with Crippen molar-refractivity contribution in [2.75, 3.05) is 0 Å². The molecule has 2 nitrogen and oxygen atoms in total. The van der Waals surface area contributed by atoms with Crippen molar-refractivity contribution in [1.82, 2.24) is 0 Å². The number of aryl methyl sites for hydroxylation is 4. The molecular formula is C47H46Cl2O2SiZr. The molecule has 2 unspecified atom stereocenters. The molecule has 0 saturated heterocycles. The summed E-state index contributed by atoms with van der Waals surface area (Å²) in [7, 11) is 0. The molecule has 0 saturated carbocycles. The minimum absolute atomic E-state index is 0. The van der Waals surface area contributed by atoms with E-state index in [1.165, 1.54) is 77.9 Å². The number of rotatable bonds is 7. The van der Waals surface area contributed by atoms with Gasteiger partial charge in [0.25, 0.3) is 0 Å². The Labute approximate surface area is 335 Å². The molecule has 2 aliphatic rings. The molecule has 0 amide bonds. The normalized spacial score (nSPS) is 15.4. The van der Waals surface area contributed by atoms with E-state index >= 15 is 0 Å². The minimum Gasteiger partial charge on any atom is -1.00 e. The first-order valence-corrected chi connectivity index (χ1v) is 27.3. The Morgan fingerprint density at radius 3 is 1.43 bits per heavy atom. The zero-order chi connectivity index (χ0) is 35.6. The van der Waals surface area contributed by atoms with Gasteiger partial charge in [0.15, 0.2) is 0 Å². The van der Waals surface area contributed by atoms with Crippen molar-refractivity contribution in [3.63, 3.8) is 0 Å². The van der Waals surface area contributed by atoms with Crippen molar-refractivity contribution < 1.29 is 54.0 Å². The smallest absolute Gasteiger partial charge is 1.00 e. The second-order valence-electron chi connectivity index (χ2n) is 14.7. The van der Waals surface area contributed by atoms with Gasteiger partial charge < -0.3 is 24.8 Å². The van der Waals surface area contributed by atoms with Crippen LogP contribution in [0.1, 0.15) is 81.7 Å². The second kappa shape index (κ2) is 15.8. The first-order chi connectivity index (χ1) is 24.7. The molecule has 2 aromatic heterocycles. The number of benzene rings is 4. The molecule has 4 aromatic carbocycles. The summed E-state index contributed by atoms with van der Waals surface area (Å²) in [6.07, 6.45) is 5.95. The Bertz CT molecular complexity index is 2430. The molecule has 2 atom stereocenters. The first-order valence-electron chi connectivity index (χ1n) is 18.3. The van der Waals surface area contributed by atoms with Crippen LogP contribution in [0.2, 0.25) is 13.1 Å². The SMILES string of the molecule is CCc1ccc(C2=Cc3c(cc(C)c(C)c3-c3ccccc3)[CH]2[Zr+2]([CH]2C(c3ccc(C)o3)=Cc3c2cc(C)c(C)c3-c2ccccc2)=[Si](C)C)o1.[Cl-].[Cl-]. The Kier molecular flexibility index (Phi) is 11.7. The van der Waals surface area contributed by atoms with Gasteiger partial charge in [-0.25, -0.2) is 0 Å². The van der Waals surface area contributed by atoms with Crippen molar-refractivity contribution >= 4 is 28.7 Å². The number of fused-ring (bicyclic) bond motifs is 2. The van der Waals surface area contributed by atoms with Crippen LogP contribution < -0.4 is 24.8 Å². The maximum atomic E-state index is 6.71. The van der Waals surface area contributed by atoms with Crippen molar-refractivity contribution in [1.29, 1.82) is 0 Å². The van der Waals surface area contributed by atoms with Crippen LogP contribution in [0.25, 0.3) is 45.6 Å². The fourth-order valence-electron chi connectivity index (χ4n) is 8.63. The third-order valence-corrected chi connectivity index (χ3v) is 30.5. The minimum atomic E-state index is -2.66. The van der Waals surface area contributed by atoms with Crippen molar-refractivity contribution in [3.05, 3.63) is 165 Å². The van der Waals surface area contributed by atoms with E-state index in [1.807, 2.05) is 0 Å². The maximum Gasteiger partial charge on any atom is -1.00 e. The van der Waals surface area contributed by atoms with Crippen LogP contribution in [0.3, 0.4) is 0 Å². The molecule has 0 aliphatic heterocycles. The van der Waals surface area contributed by atoms with E-state index in [0.717, 1.165) is 29.5 Å². The van der Waals surface area contributed by atoms with E-state index in [4.69, 9.17) is 8.83 Å². The van der Waals surface area contributed by atoms with Gasteiger partial charge in [-0.2, -0.15) is 0 Å². The molecular weight excluding hydrogens is 787 g/mol. The molecule has 6 aromatic rings. The molecule has 53 heavy (non-hydrogen) atoms. The summed E-state index contributed by atoms with van der Waals surface area (Å²) < 4.78 is 14.0. The van der Waals surface area contributed by atoms with Gasteiger partial charge in [0, 0.05) is 0 Å². The fraction of sp³-hybridized carbons (Fsp3) is 0.234. The van der Waals surface area contributed by atoms with Gasteiger partial charge in [-0.3, -0.25) is 0 Å². The van der Waals surface area contributed by atoms with Crippen LogP contribution >= 0.6 is 0 Å². The average Bonchev–Trinajstić information content (AvgIpc) is 3.93. The monoisotopic (exact) mass is 830 g/mol. The quantitative estimate of drug-likeness (QED) is 0.161. The summed E-state index contributed by atoms with van der Waals surface area (Å²) >= 11 is -2.66. The molecule has 2 heterocycles. The third-order valence-electron chi connectivity index (χ3n) is 11.3. The summed E-state index contributed by atoms with van der Waals surface area (Å²) in [5.74, 6) is 4.10. The Morgan fingerprint density at radius 2 is 1.04 bits per heavy atom. The van der Waals surface area contributed by atoms with Gasteiger partial charge in [0.2, 0.25) is 0 Å². The van der Waals surface area contributed by atoms with Crippen LogP contribution in [0.15, 0.2) is 106 Å². The Hall–Kier alpha value is -3.40. The van der Waals surface area contributed by atoms with Gasteiger partial charge in [-0.1, -0.05) is 0 Å². The third kappa shape index (κ3) is 6.80. The summed E-state index contributed by atoms with van der Waals surface area (Å²) in [5.41, 5.74) is 18.6. The zero-order valence-electron chi connectivity index (χ0n) is 31.8. The van der Waals surface area contributed by atoms with E-state index in [9.17, 15) is 0 Å². The van der Waals surface area contributed by atoms with E-state index in [0.29, 0.717) is 7.25 Å². The molecule has 2 aliphatic carbocycles. The van der Waals surface area contributed by atoms with Gasteiger partial charge in [0.05, 0.1) is 0 Å². The van der Waals surface area contributed by atoms with Crippen LogP contribution in [0.4, 0.5) is 0 Å². The standard InChI is InChI=1S/C23H21O.C22H19O.C2H6Si.2ClH.Zr/c1-4-20-10-11-22(24-20)19-13-18-12-15(2)16(3)23(21(18)14-19)17-8-6-5-7-9-17;1-14-11-18-12-19(21-10-9-15(2)23-21)13-20(18)22(16(14)3)17-7-5-4-6-8-17;1-3-2;;;/h5-14H,4H2,1-3H3;4-13H,1-3H3;1-2H3;2*1H;/q;;;;;+2/p-2. The number of hydrogen-bond acceptors (Lipinski definition) is 2. The van der Waals surface area contributed by atoms with Crippen molar-refractivity contribution in [3.8, 4) is 22.3 Å². The summed E-state index contributed by atoms with van der Waals surface area (Å²) in [6.45, 7) is 18.7. The van der Waals surface area contributed by atoms with Gasteiger partial charge in [-0.15, -0.1) is 0 Å². The van der Waals surface area contributed by atoms with E-state index in [1.54, 1.807) is 0 Å². The van der Waals surface area contributed by atoms with Gasteiger partial charge in [0.1, 0.15) is 0 Å². The van der Waals surface area contributed by atoms with Crippen LogP contribution in [0.5, 0.6) is 0 Å². The van der Waals surface area contributed by atoms with Gasteiger partial charge >= 0.3 is 313 Å². The number of hydrogen-bond donors (Lipinski definition) is 0. The van der Waals surface area contributed by atoms with Crippen LogP contribution in [-0.4, -0.2) is 5.43 Å². The number of furan rings is 2. The van der Waals surface area contributed by atoms with Crippen LogP contribution in [-0.2, 0) is 26.8 Å². The first kappa shape index (κ1) is 39.3. The molecule has 0 radical (unpaired) electrons.